The maximum atomic E-state index is 10.8. The van der Waals surface area contributed by atoms with Crippen molar-refractivity contribution in [3.05, 3.63) is 28.2 Å². The molecular formula is C12H11N3O2. The van der Waals surface area contributed by atoms with Crippen molar-refractivity contribution < 1.29 is 9.90 Å². The van der Waals surface area contributed by atoms with Gasteiger partial charge in [0.15, 0.2) is 0 Å². The number of hydrogen-bond acceptors (Lipinski definition) is 3. The molecule has 0 aromatic carbocycles. The number of H-pyrrole nitrogens is 1. The van der Waals surface area contributed by atoms with Gasteiger partial charge in [-0.2, -0.15) is 5.26 Å². The molecule has 0 amide bonds. The maximum Gasteiger partial charge on any atom is 0.371 e. The molecular weight excluding hydrogens is 218 g/mol. The van der Waals surface area contributed by atoms with E-state index in [0.717, 1.165) is 0 Å². The molecule has 1 aromatic rings. The van der Waals surface area contributed by atoms with Gasteiger partial charge in [-0.05, 0) is 12.2 Å². The number of carbonyl (C=O) groups is 1. The summed E-state index contributed by atoms with van der Waals surface area (Å²) >= 11 is 0. The van der Waals surface area contributed by atoms with Gasteiger partial charge in [0.1, 0.15) is 0 Å². The standard InChI is InChI=1S/C12H11N3O2/c1-12(2)4-7(6-13)3-8-9(5-12)15-10(14-8)11(16)17/h3-5H,1-2H3,(H,14,15)(H,16,17). The maximum absolute atomic E-state index is 10.8. The predicted molar refractivity (Wildman–Crippen MR) is 61.2 cm³/mol. The SMILES string of the molecule is CC1(C)C=C(C#N)C=c2[nH]c(C(=O)O)nc2=C1. The zero-order chi connectivity index (χ0) is 12.6. The van der Waals surface area contributed by atoms with Gasteiger partial charge >= 0.3 is 5.97 Å². The highest BCUT2D eigenvalue weighted by Crippen LogP contribution is 2.22. The van der Waals surface area contributed by atoms with Crippen molar-refractivity contribution >= 4 is 18.1 Å². The molecule has 0 radical (unpaired) electrons. The second-order valence-electron chi connectivity index (χ2n) is 4.51. The Labute approximate surface area is 97.4 Å². The smallest absolute Gasteiger partial charge is 0.371 e. The Morgan fingerprint density at radius 1 is 1.53 bits per heavy atom. The molecule has 5 heteroatoms. The number of rotatable bonds is 1. The molecule has 0 unspecified atom stereocenters. The van der Waals surface area contributed by atoms with Gasteiger partial charge in [-0.25, -0.2) is 9.78 Å². The average Bonchev–Trinajstić information content (AvgIpc) is 2.54. The summed E-state index contributed by atoms with van der Waals surface area (Å²) in [6.45, 7) is 3.87. The Kier molecular flexibility index (Phi) is 2.36. The third-order valence-electron chi connectivity index (χ3n) is 2.43. The number of carboxylic acids is 1. The lowest BCUT2D eigenvalue weighted by Gasteiger charge is -2.12. The Hall–Kier alpha value is -2.35. The second kappa shape index (κ2) is 3.59. The van der Waals surface area contributed by atoms with E-state index in [9.17, 15) is 4.79 Å². The molecule has 17 heavy (non-hydrogen) atoms. The van der Waals surface area contributed by atoms with E-state index in [1.165, 1.54) is 0 Å². The number of imidazole rings is 1. The summed E-state index contributed by atoms with van der Waals surface area (Å²) < 4.78 is 0. The van der Waals surface area contributed by atoms with Crippen LogP contribution in [0, 0.1) is 16.7 Å². The quantitative estimate of drug-likeness (QED) is 0.717. The zero-order valence-electron chi connectivity index (χ0n) is 9.48. The van der Waals surface area contributed by atoms with Crippen molar-refractivity contribution in [1.29, 1.82) is 5.26 Å². The summed E-state index contributed by atoms with van der Waals surface area (Å²) in [5.74, 6) is -1.22. The van der Waals surface area contributed by atoms with Gasteiger partial charge < -0.3 is 10.1 Å². The van der Waals surface area contributed by atoms with Crippen molar-refractivity contribution in [2.45, 2.75) is 13.8 Å². The van der Waals surface area contributed by atoms with Crippen LogP contribution in [-0.2, 0) is 0 Å². The minimum absolute atomic E-state index is 0.113. The molecule has 0 saturated carbocycles. The lowest BCUT2D eigenvalue weighted by Crippen LogP contribution is -2.25. The topological polar surface area (TPSA) is 89.8 Å². The minimum atomic E-state index is -1.11. The molecule has 1 aliphatic rings. The van der Waals surface area contributed by atoms with Crippen molar-refractivity contribution in [1.82, 2.24) is 9.97 Å². The van der Waals surface area contributed by atoms with E-state index in [1.807, 2.05) is 26.0 Å². The van der Waals surface area contributed by atoms with Crippen LogP contribution >= 0.6 is 0 Å². The van der Waals surface area contributed by atoms with Gasteiger partial charge in [0.05, 0.1) is 22.3 Å². The predicted octanol–water partition coefficient (Wildman–Crippen LogP) is 0.159. The number of hydrogen-bond donors (Lipinski definition) is 2. The number of aromatic carboxylic acids is 1. The molecule has 86 valence electrons. The van der Waals surface area contributed by atoms with Crippen molar-refractivity contribution in [2.24, 2.45) is 5.41 Å². The number of fused-ring (bicyclic) bond motifs is 1. The van der Waals surface area contributed by atoms with E-state index in [4.69, 9.17) is 10.4 Å². The monoisotopic (exact) mass is 229 g/mol. The van der Waals surface area contributed by atoms with E-state index in [0.29, 0.717) is 16.3 Å². The normalized spacial score (nSPS) is 16.6. The number of aromatic amines is 1. The van der Waals surface area contributed by atoms with E-state index in [2.05, 4.69) is 16.0 Å². The van der Waals surface area contributed by atoms with Gasteiger partial charge in [-0.3, -0.25) is 0 Å². The molecule has 1 aliphatic carbocycles. The zero-order valence-corrected chi connectivity index (χ0v) is 9.48. The lowest BCUT2D eigenvalue weighted by atomic mass is 9.91. The number of carboxylic acid groups (broad SMARTS) is 1. The molecule has 1 heterocycles. The van der Waals surface area contributed by atoms with E-state index in [-0.39, 0.29) is 11.2 Å². The van der Waals surface area contributed by atoms with Crippen LogP contribution in [-0.4, -0.2) is 21.0 Å². The van der Waals surface area contributed by atoms with Gasteiger partial charge in [0, 0.05) is 5.41 Å². The number of allylic oxidation sites excluding steroid dienone is 2. The Balaban J connectivity index is 2.77. The fourth-order valence-corrected chi connectivity index (χ4v) is 1.78. The Bertz CT molecular complexity index is 672. The minimum Gasteiger partial charge on any atom is -0.475 e. The van der Waals surface area contributed by atoms with Crippen LogP contribution in [0.5, 0.6) is 0 Å². The first-order valence-electron chi connectivity index (χ1n) is 5.08. The van der Waals surface area contributed by atoms with E-state index >= 15 is 0 Å². The summed E-state index contributed by atoms with van der Waals surface area (Å²) in [7, 11) is 0. The van der Waals surface area contributed by atoms with Crippen LogP contribution in [0.2, 0.25) is 0 Å². The summed E-state index contributed by atoms with van der Waals surface area (Å²) in [4.78, 5) is 17.5. The van der Waals surface area contributed by atoms with Crippen molar-refractivity contribution in [2.75, 3.05) is 0 Å². The molecule has 0 atom stereocenters. The van der Waals surface area contributed by atoms with Crippen LogP contribution in [0.25, 0.3) is 12.2 Å². The molecule has 0 fully saturated rings. The van der Waals surface area contributed by atoms with Gasteiger partial charge in [-0.1, -0.05) is 19.9 Å². The average molecular weight is 229 g/mol. The highest BCUT2D eigenvalue weighted by atomic mass is 16.4. The number of aromatic nitrogens is 2. The first-order chi connectivity index (χ1) is 7.91. The largest absolute Gasteiger partial charge is 0.475 e. The summed E-state index contributed by atoms with van der Waals surface area (Å²) in [6.07, 6.45) is 5.27. The molecule has 0 spiro atoms. The van der Waals surface area contributed by atoms with Crippen molar-refractivity contribution in [3.8, 4) is 6.07 Å². The van der Waals surface area contributed by atoms with E-state index in [1.54, 1.807) is 6.08 Å². The van der Waals surface area contributed by atoms with Crippen LogP contribution < -0.4 is 10.7 Å². The van der Waals surface area contributed by atoms with Crippen molar-refractivity contribution in [3.63, 3.8) is 0 Å². The second-order valence-corrected chi connectivity index (χ2v) is 4.51. The Morgan fingerprint density at radius 2 is 2.24 bits per heavy atom. The molecule has 1 aromatic heterocycles. The van der Waals surface area contributed by atoms with Gasteiger partial charge in [0.2, 0.25) is 5.82 Å². The number of nitrogens with zero attached hydrogens (tertiary/aromatic N) is 2. The van der Waals surface area contributed by atoms with Gasteiger partial charge in [0.25, 0.3) is 0 Å². The summed E-state index contributed by atoms with van der Waals surface area (Å²) in [5, 5.41) is 19.0. The first-order valence-corrected chi connectivity index (χ1v) is 5.08. The molecule has 0 saturated heterocycles. The fourth-order valence-electron chi connectivity index (χ4n) is 1.78. The van der Waals surface area contributed by atoms with Crippen LogP contribution in [0.1, 0.15) is 24.5 Å². The highest BCUT2D eigenvalue weighted by molar-refractivity contribution is 5.83. The summed E-state index contributed by atoms with van der Waals surface area (Å²) in [6, 6.07) is 2.07. The summed E-state index contributed by atoms with van der Waals surface area (Å²) in [5.41, 5.74) is 0.156. The van der Waals surface area contributed by atoms with Crippen LogP contribution in [0.3, 0.4) is 0 Å². The molecule has 0 aliphatic heterocycles. The Morgan fingerprint density at radius 3 is 2.82 bits per heavy atom. The molecule has 2 rings (SSSR count). The number of nitriles is 1. The molecule has 5 nitrogen and oxygen atoms in total. The van der Waals surface area contributed by atoms with Crippen LogP contribution in [0.15, 0.2) is 11.6 Å². The number of nitrogens with one attached hydrogen (secondary N) is 1. The van der Waals surface area contributed by atoms with Gasteiger partial charge in [-0.15, -0.1) is 0 Å². The molecule has 2 N–H and O–H groups in total. The van der Waals surface area contributed by atoms with E-state index < -0.39 is 5.97 Å². The third kappa shape index (κ3) is 2.11. The van der Waals surface area contributed by atoms with Crippen LogP contribution in [0.4, 0.5) is 0 Å². The first kappa shape index (κ1) is 11.1. The molecule has 0 bridgehead atoms. The third-order valence-corrected chi connectivity index (χ3v) is 2.43. The fraction of sp³-hybridized carbons (Fsp3) is 0.250. The lowest BCUT2D eigenvalue weighted by molar-refractivity contribution is 0.0684. The highest BCUT2D eigenvalue weighted by Gasteiger charge is 2.17.